The molecule has 3 rings (SSSR count). The van der Waals surface area contributed by atoms with Crippen molar-refractivity contribution in [3.63, 3.8) is 0 Å². The molecule has 0 spiro atoms. The Labute approximate surface area is 144 Å². The number of pyridine rings is 1. The Hall–Kier alpha value is -1.91. The van der Waals surface area contributed by atoms with Crippen LogP contribution in [0.2, 0.25) is 0 Å². The van der Waals surface area contributed by atoms with Crippen LogP contribution in [-0.2, 0) is 0 Å². The van der Waals surface area contributed by atoms with E-state index in [-0.39, 0.29) is 6.04 Å². The van der Waals surface area contributed by atoms with Crippen molar-refractivity contribution in [2.24, 2.45) is 5.92 Å². The third-order valence-corrected chi connectivity index (χ3v) is 4.82. The minimum Gasteiger partial charge on any atom is -0.497 e. The van der Waals surface area contributed by atoms with Gasteiger partial charge in [0.15, 0.2) is 0 Å². The van der Waals surface area contributed by atoms with E-state index < -0.39 is 0 Å². The maximum absolute atomic E-state index is 5.42. The van der Waals surface area contributed by atoms with Gasteiger partial charge in [-0.1, -0.05) is 18.2 Å². The number of hydrogen-bond donors (Lipinski definition) is 1. The van der Waals surface area contributed by atoms with Crippen LogP contribution in [-0.4, -0.2) is 43.7 Å². The van der Waals surface area contributed by atoms with Crippen LogP contribution >= 0.6 is 0 Å². The van der Waals surface area contributed by atoms with Gasteiger partial charge in [-0.05, 0) is 68.7 Å². The van der Waals surface area contributed by atoms with E-state index in [0.29, 0.717) is 0 Å². The molecule has 0 aliphatic carbocycles. The van der Waals surface area contributed by atoms with Gasteiger partial charge in [0.05, 0.1) is 18.8 Å². The van der Waals surface area contributed by atoms with Gasteiger partial charge in [0.2, 0.25) is 0 Å². The van der Waals surface area contributed by atoms with Crippen LogP contribution in [0.25, 0.3) is 0 Å². The van der Waals surface area contributed by atoms with Crippen LogP contribution in [0.4, 0.5) is 0 Å². The Morgan fingerprint density at radius 1 is 1.21 bits per heavy atom. The summed E-state index contributed by atoms with van der Waals surface area (Å²) < 4.78 is 5.42. The molecule has 1 N–H and O–H groups in total. The largest absolute Gasteiger partial charge is 0.497 e. The molecule has 2 heterocycles. The van der Waals surface area contributed by atoms with Gasteiger partial charge in [-0.2, -0.15) is 0 Å². The molecule has 0 amide bonds. The van der Waals surface area contributed by atoms with Crippen LogP contribution in [0.5, 0.6) is 5.75 Å². The number of ether oxygens (including phenoxy) is 1. The molecule has 1 aliphatic heterocycles. The number of hydrogen-bond acceptors (Lipinski definition) is 4. The number of aromatic nitrogens is 1. The number of piperidine rings is 1. The second-order valence-electron chi connectivity index (χ2n) is 6.57. The van der Waals surface area contributed by atoms with E-state index in [9.17, 15) is 0 Å². The molecule has 0 bridgehead atoms. The molecule has 0 radical (unpaired) electrons. The first-order chi connectivity index (χ1) is 11.8. The molecule has 128 valence electrons. The summed E-state index contributed by atoms with van der Waals surface area (Å²) >= 11 is 0. The predicted molar refractivity (Wildman–Crippen MR) is 97.3 cm³/mol. The van der Waals surface area contributed by atoms with Crippen molar-refractivity contribution in [3.8, 4) is 5.75 Å². The third kappa shape index (κ3) is 4.13. The number of nitrogens with zero attached hydrogens (tertiary/aromatic N) is 2. The minimum atomic E-state index is 0.149. The first kappa shape index (κ1) is 16.9. The average Bonchev–Trinajstić information content (AvgIpc) is 2.64. The van der Waals surface area contributed by atoms with Gasteiger partial charge in [0, 0.05) is 12.7 Å². The van der Waals surface area contributed by atoms with Crippen molar-refractivity contribution in [1.82, 2.24) is 15.2 Å². The first-order valence-electron chi connectivity index (χ1n) is 8.74. The van der Waals surface area contributed by atoms with E-state index in [1.54, 1.807) is 7.11 Å². The first-order valence-corrected chi connectivity index (χ1v) is 8.74. The maximum atomic E-state index is 5.42. The zero-order valence-electron chi connectivity index (χ0n) is 14.6. The molecule has 0 saturated carbocycles. The van der Waals surface area contributed by atoms with Gasteiger partial charge in [0.25, 0.3) is 0 Å². The summed E-state index contributed by atoms with van der Waals surface area (Å²) in [4.78, 5) is 7.07. The van der Waals surface area contributed by atoms with Crippen LogP contribution in [0.15, 0.2) is 48.7 Å². The predicted octanol–water partition coefficient (Wildman–Crippen LogP) is 3.11. The van der Waals surface area contributed by atoms with Crippen molar-refractivity contribution in [2.45, 2.75) is 18.9 Å². The number of rotatable bonds is 6. The fraction of sp³-hybridized carbons (Fsp3) is 0.450. The van der Waals surface area contributed by atoms with Gasteiger partial charge in [-0.3, -0.25) is 9.88 Å². The second-order valence-corrected chi connectivity index (χ2v) is 6.57. The summed E-state index contributed by atoms with van der Waals surface area (Å²) in [6.07, 6.45) is 4.37. The van der Waals surface area contributed by atoms with Crippen LogP contribution in [0.3, 0.4) is 0 Å². The lowest BCUT2D eigenvalue weighted by atomic mass is 9.95. The Kier molecular flexibility index (Phi) is 5.83. The zero-order valence-corrected chi connectivity index (χ0v) is 14.6. The number of methoxy groups -OCH3 is 1. The topological polar surface area (TPSA) is 37.4 Å². The fourth-order valence-electron chi connectivity index (χ4n) is 3.58. The van der Waals surface area contributed by atoms with E-state index in [0.717, 1.165) is 37.0 Å². The molecule has 4 nitrogen and oxygen atoms in total. The lowest BCUT2D eigenvalue weighted by molar-refractivity contribution is 0.205. The quantitative estimate of drug-likeness (QED) is 0.885. The molecule has 4 heteroatoms. The van der Waals surface area contributed by atoms with E-state index >= 15 is 0 Å². The molecule has 1 fully saturated rings. The highest BCUT2D eigenvalue weighted by molar-refractivity contribution is 5.34. The Morgan fingerprint density at radius 2 is 2.04 bits per heavy atom. The van der Waals surface area contributed by atoms with E-state index in [2.05, 4.69) is 52.6 Å². The van der Waals surface area contributed by atoms with Crippen LogP contribution in [0, 0.1) is 5.92 Å². The Bertz CT molecular complexity index is 626. The summed E-state index contributed by atoms with van der Waals surface area (Å²) in [5, 5.41) is 3.45. The molecule has 1 atom stereocenters. The van der Waals surface area contributed by atoms with E-state index in [1.165, 1.54) is 18.4 Å². The normalized spacial score (nSPS) is 17.0. The molecule has 24 heavy (non-hydrogen) atoms. The lowest BCUT2D eigenvalue weighted by Gasteiger charge is -2.33. The van der Waals surface area contributed by atoms with Crippen molar-refractivity contribution in [1.29, 1.82) is 0 Å². The summed E-state index contributed by atoms with van der Waals surface area (Å²) in [6.45, 7) is 3.35. The fourth-order valence-corrected chi connectivity index (χ4v) is 3.58. The summed E-state index contributed by atoms with van der Waals surface area (Å²) in [5.74, 6) is 1.64. The highest BCUT2D eigenvalue weighted by atomic mass is 16.5. The molecule has 2 aromatic rings. The standard InChI is InChI=1S/C20H27N3O/c1-23(15-16-9-12-21-13-10-16)20(19-8-3-4-11-22-19)17-6-5-7-18(14-17)24-2/h3-8,11,14,16,20-21H,9-10,12-13,15H2,1-2H3. The second kappa shape index (κ2) is 8.27. The van der Waals surface area contributed by atoms with E-state index in [4.69, 9.17) is 4.74 Å². The minimum absolute atomic E-state index is 0.149. The Morgan fingerprint density at radius 3 is 2.75 bits per heavy atom. The molecule has 1 saturated heterocycles. The van der Waals surface area contributed by atoms with Gasteiger partial charge in [-0.15, -0.1) is 0 Å². The zero-order chi connectivity index (χ0) is 16.8. The van der Waals surface area contributed by atoms with Crippen molar-refractivity contribution >= 4 is 0 Å². The van der Waals surface area contributed by atoms with Crippen LogP contribution < -0.4 is 10.1 Å². The molecular weight excluding hydrogens is 298 g/mol. The highest BCUT2D eigenvalue weighted by Crippen LogP contribution is 2.30. The van der Waals surface area contributed by atoms with Gasteiger partial charge < -0.3 is 10.1 Å². The van der Waals surface area contributed by atoms with Crippen molar-refractivity contribution in [3.05, 3.63) is 59.9 Å². The Balaban J connectivity index is 1.86. The average molecular weight is 325 g/mol. The van der Waals surface area contributed by atoms with Crippen molar-refractivity contribution in [2.75, 3.05) is 33.8 Å². The molecule has 1 unspecified atom stereocenters. The monoisotopic (exact) mass is 325 g/mol. The molecule has 1 aromatic carbocycles. The SMILES string of the molecule is COc1cccc(C(c2ccccn2)N(C)CC2CCNCC2)c1. The lowest BCUT2D eigenvalue weighted by Crippen LogP contribution is -2.36. The number of nitrogens with one attached hydrogen (secondary N) is 1. The summed E-state index contributed by atoms with van der Waals surface area (Å²) in [7, 11) is 3.93. The third-order valence-electron chi connectivity index (χ3n) is 4.82. The highest BCUT2D eigenvalue weighted by Gasteiger charge is 2.24. The number of benzene rings is 1. The van der Waals surface area contributed by atoms with Gasteiger partial charge in [-0.25, -0.2) is 0 Å². The summed E-state index contributed by atoms with van der Waals surface area (Å²) in [5.41, 5.74) is 2.31. The molecular formula is C20H27N3O. The molecule has 1 aromatic heterocycles. The molecule has 1 aliphatic rings. The van der Waals surface area contributed by atoms with Crippen LogP contribution in [0.1, 0.15) is 30.1 Å². The van der Waals surface area contributed by atoms with Crippen molar-refractivity contribution < 1.29 is 4.74 Å². The van der Waals surface area contributed by atoms with E-state index in [1.807, 2.05) is 18.3 Å². The summed E-state index contributed by atoms with van der Waals surface area (Å²) in [6, 6.07) is 14.6. The van der Waals surface area contributed by atoms with Gasteiger partial charge >= 0.3 is 0 Å². The van der Waals surface area contributed by atoms with Gasteiger partial charge in [0.1, 0.15) is 5.75 Å². The maximum Gasteiger partial charge on any atom is 0.119 e. The smallest absolute Gasteiger partial charge is 0.119 e.